The molecule has 0 fully saturated rings. The maximum Gasteiger partial charge on any atom is 0.145 e. The molecule has 0 bridgehead atoms. The van der Waals surface area contributed by atoms with E-state index in [-0.39, 0.29) is 0 Å². The summed E-state index contributed by atoms with van der Waals surface area (Å²) in [5.41, 5.74) is 5.32. The summed E-state index contributed by atoms with van der Waals surface area (Å²) in [4.78, 5) is 0. The fourth-order valence-electron chi connectivity index (χ4n) is 1.07. The van der Waals surface area contributed by atoms with E-state index < -0.39 is 0 Å². The molecule has 2 rings (SSSR count). The molecule has 0 spiro atoms. The number of nitrogens with two attached hydrogens (primary N) is 1. The number of aryl methyl sites for hydroxylation is 2. The smallest absolute Gasteiger partial charge is 0.145 e. The number of nitrogen functional groups attached to an aromatic ring is 1. The van der Waals surface area contributed by atoms with Crippen LogP contribution >= 0.6 is 15.9 Å². The van der Waals surface area contributed by atoms with Gasteiger partial charge in [0.05, 0.1) is 0 Å². The van der Waals surface area contributed by atoms with Crippen molar-refractivity contribution in [1.82, 2.24) is 19.6 Å². The minimum atomic E-state index is 0.590. The van der Waals surface area contributed by atoms with Crippen LogP contribution in [0.1, 0.15) is 13.8 Å². The third-order valence-corrected chi connectivity index (χ3v) is 2.34. The summed E-state index contributed by atoms with van der Waals surface area (Å²) in [5.74, 6) is 0.590. The Morgan fingerprint density at radius 3 is 1.94 bits per heavy atom. The third-order valence-electron chi connectivity index (χ3n) is 1.92. The summed E-state index contributed by atoms with van der Waals surface area (Å²) in [6.45, 7) is 5.90. The predicted octanol–water partition coefficient (Wildman–Crippen LogP) is 2.15. The van der Waals surface area contributed by atoms with Crippen LogP contribution in [-0.4, -0.2) is 19.6 Å². The minimum absolute atomic E-state index is 0.590. The molecule has 0 atom stereocenters. The summed E-state index contributed by atoms with van der Waals surface area (Å²) in [5, 5.41) is 7.99. The van der Waals surface area contributed by atoms with Gasteiger partial charge in [-0.15, -0.1) is 0 Å². The molecule has 0 aromatic carbocycles. The molecule has 2 N–H and O–H groups in total. The Morgan fingerprint density at radius 1 is 1.12 bits per heavy atom. The zero-order valence-electron chi connectivity index (χ0n) is 9.47. The molecule has 0 aliphatic carbocycles. The molecule has 0 amide bonds. The van der Waals surface area contributed by atoms with Crippen LogP contribution in [0, 0.1) is 0 Å². The number of rotatable bonds is 2. The van der Waals surface area contributed by atoms with Crippen LogP contribution in [0.5, 0.6) is 0 Å². The second-order valence-corrected chi connectivity index (χ2v) is 3.90. The first kappa shape index (κ1) is 12.8. The van der Waals surface area contributed by atoms with Crippen molar-refractivity contribution in [2.75, 3.05) is 5.73 Å². The Bertz CT molecular complexity index is 380. The van der Waals surface area contributed by atoms with Crippen molar-refractivity contribution < 1.29 is 0 Å². The molecule has 0 unspecified atom stereocenters. The van der Waals surface area contributed by atoms with E-state index in [1.54, 1.807) is 10.7 Å². The van der Waals surface area contributed by atoms with Crippen molar-refractivity contribution in [3.8, 4) is 0 Å². The van der Waals surface area contributed by atoms with Gasteiger partial charge >= 0.3 is 0 Å². The molecule has 16 heavy (non-hydrogen) atoms. The first-order chi connectivity index (χ1) is 7.65. The van der Waals surface area contributed by atoms with Crippen molar-refractivity contribution in [2.24, 2.45) is 0 Å². The highest BCUT2D eigenvalue weighted by atomic mass is 79.9. The van der Waals surface area contributed by atoms with Crippen LogP contribution in [0.3, 0.4) is 0 Å². The van der Waals surface area contributed by atoms with Crippen LogP contribution in [0.2, 0.25) is 0 Å². The molecule has 5 nitrogen and oxygen atoms in total. The van der Waals surface area contributed by atoms with E-state index >= 15 is 0 Å². The second-order valence-electron chi connectivity index (χ2n) is 3.09. The van der Waals surface area contributed by atoms with Crippen molar-refractivity contribution in [3.63, 3.8) is 0 Å². The first-order valence-electron chi connectivity index (χ1n) is 5.13. The number of hydrogen-bond acceptors (Lipinski definition) is 3. The van der Waals surface area contributed by atoms with Crippen LogP contribution in [0.4, 0.5) is 5.82 Å². The molecule has 88 valence electrons. The van der Waals surface area contributed by atoms with Crippen LogP contribution in [-0.2, 0) is 13.1 Å². The maximum atomic E-state index is 5.32. The topological polar surface area (TPSA) is 61.7 Å². The first-order valence-corrected chi connectivity index (χ1v) is 5.92. The normalized spacial score (nSPS) is 9.69. The average molecular weight is 286 g/mol. The maximum absolute atomic E-state index is 5.32. The summed E-state index contributed by atoms with van der Waals surface area (Å²) >= 11 is 3.24. The lowest BCUT2D eigenvalue weighted by Gasteiger charge is -1.88. The molecule has 2 aromatic rings. The second kappa shape index (κ2) is 6.32. The van der Waals surface area contributed by atoms with Gasteiger partial charge in [0.1, 0.15) is 10.4 Å². The number of hydrogen-bond donors (Lipinski definition) is 1. The van der Waals surface area contributed by atoms with Crippen LogP contribution in [0.25, 0.3) is 0 Å². The van der Waals surface area contributed by atoms with Crippen LogP contribution < -0.4 is 5.73 Å². The van der Waals surface area contributed by atoms with E-state index in [2.05, 4.69) is 33.1 Å². The molecule has 6 heteroatoms. The zero-order valence-corrected chi connectivity index (χ0v) is 11.1. The van der Waals surface area contributed by atoms with Gasteiger partial charge in [-0.3, -0.25) is 9.36 Å². The molecular formula is C10H16BrN5. The van der Waals surface area contributed by atoms with Crippen LogP contribution in [0.15, 0.2) is 29.1 Å². The SMILES string of the molecule is CCn1ccc(Br)n1.CCn1ccc(N)n1. The van der Waals surface area contributed by atoms with Crippen molar-refractivity contribution in [2.45, 2.75) is 26.9 Å². The van der Waals surface area contributed by atoms with Gasteiger partial charge in [0.2, 0.25) is 0 Å². The number of anilines is 1. The van der Waals surface area contributed by atoms with Crippen molar-refractivity contribution in [3.05, 3.63) is 29.1 Å². The Hall–Kier alpha value is -1.30. The lowest BCUT2D eigenvalue weighted by molar-refractivity contribution is 0.655. The highest BCUT2D eigenvalue weighted by molar-refractivity contribution is 9.10. The number of halogens is 1. The molecule has 0 aliphatic heterocycles. The Morgan fingerprint density at radius 2 is 1.69 bits per heavy atom. The van der Waals surface area contributed by atoms with Gasteiger partial charge in [-0.25, -0.2) is 0 Å². The highest BCUT2D eigenvalue weighted by Crippen LogP contribution is 2.02. The highest BCUT2D eigenvalue weighted by Gasteiger charge is 1.88. The van der Waals surface area contributed by atoms with Gasteiger partial charge in [-0.05, 0) is 41.9 Å². The summed E-state index contributed by atoms with van der Waals surface area (Å²) in [7, 11) is 0. The molecular weight excluding hydrogens is 270 g/mol. The monoisotopic (exact) mass is 285 g/mol. The largest absolute Gasteiger partial charge is 0.382 e. The predicted molar refractivity (Wildman–Crippen MR) is 67.9 cm³/mol. The van der Waals surface area contributed by atoms with E-state index in [9.17, 15) is 0 Å². The standard InChI is InChI=1S/C5H7BrN2.C5H9N3/c2*1-2-8-4-3-5(6)7-8/h3-4H,2H2,1H3;3-4H,2H2,1H3,(H2,6,7). The van der Waals surface area contributed by atoms with Gasteiger partial charge in [0.15, 0.2) is 0 Å². The summed E-state index contributed by atoms with van der Waals surface area (Å²) < 4.78 is 4.55. The zero-order chi connectivity index (χ0) is 12.0. The third kappa shape index (κ3) is 4.06. The molecule has 2 aromatic heterocycles. The van der Waals surface area contributed by atoms with E-state index in [1.807, 2.05) is 30.1 Å². The van der Waals surface area contributed by atoms with E-state index in [1.165, 1.54) is 0 Å². The van der Waals surface area contributed by atoms with Gasteiger partial charge in [-0.1, -0.05) is 0 Å². The Labute approximate surface area is 103 Å². The quantitative estimate of drug-likeness (QED) is 0.920. The van der Waals surface area contributed by atoms with E-state index in [0.29, 0.717) is 5.82 Å². The summed E-state index contributed by atoms with van der Waals surface area (Å²) in [6.07, 6.45) is 3.79. The van der Waals surface area contributed by atoms with E-state index in [4.69, 9.17) is 5.73 Å². The molecule has 2 heterocycles. The van der Waals surface area contributed by atoms with Gasteiger partial charge in [-0.2, -0.15) is 10.2 Å². The van der Waals surface area contributed by atoms with Gasteiger partial charge < -0.3 is 5.73 Å². The lowest BCUT2D eigenvalue weighted by Crippen LogP contribution is -1.95. The molecule has 0 saturated carbocycles. The summed E-state index contributed by atoms with van der Waals surface area (Å²) in [6, 6.07) is 3.70. The minimum Gasteiger partial charge on any atom is -0.382 e. The fraction of sp³-hybridized carbons (Fsp3) is 0.400. The lowest BCUT2D eigenvalue weighted by atomic mass is 10.7. The fourth-order valence-corrected chi connectivity index (χ4v) is 1.39. The number of nitrogens with zero attached hydrogens (tertiary/aromatic N) is 4. The van der Waals surface area contributed by atoms with Crippen molar-refractivity contribution in [1.29, 1.82) is 0 Å². The Balaban J connectivity index is 0.000000160. The van der Waals surface area contributed by atoms with E-state index in [0.717, 1.165) is 17.7 Å². The Kier molecular flexibility index (Phi) is 5.04. The van der Waals surface area contributed by atoms with Gasteiger partial charge in [0, 0.05) is 25.5 Å². The average Bonchev–Trinajstić information content (AvgIpc) is 2.88. The number of aromatic nitrogens is 4. The molecule has 0 saturated heterocycles. The van der Waals surface area contributed by atoms with Crippen molar-refractivity contribution >= 4 is 21.7 Å². The van der Waals surface area contributed by atoms with Gasteiger partial charge in [0.25, 0.3) is 0 Å². The molecule has 0 radical (unpaired) electrons. The molecule has 0 aliphatic rings.